The molecule has 3 aromatic carbocycles. The highest BCUT2D eigenvalue weighted by Gasteiger charge is 2.42. The first-order valence-corrected chi connectivity index (χ1v) is 7.95. The van der Waals surface area contributed by atoms with Crippen molar-refractivity contribution in [2.24, 2.45) is 5.92 Å². The number of carbonyl (C=O) groups excluding carboxylic acids is 1. The van der Waals surface area contributed by atoms with Gasteiger partial charge in [0, 0.05) is 11.5 Å². The third kappa shape index (κ3) is 1.51. The second-order valence-electron chi connectivity index (χ2n) is 6.51. The van der Waals surface area contributed by atoms with Gasteiger partial charge in [-0.3, -0.25) is 4.79 Å². The van der Waals surface area contributed by atoms with E-state index in [1.54, 1.807) is 0 Å². The van der Waals surface area contributed by atoms with Crippen LogP contribution >= 0.6 is 0 Å². The molecule has 0 heterocycles. The van der Waals surface area contributed by atoms with Crippen LogP contribution in [0.3, 0.4) is 0 Å². The van der Waals surface area contributed by atoms with Crippen LogP contribution < -0.4 is 0 Å². The minimum atomic E-state index is 0.135. The molecule has 0 aliphatic heterocycles. The molecule has 106 valence electrons. The largest absolute Gasteiger partial charge is 0.294 e. The molecular formula is C21H16O. The van der Waals surface area contributed by atoms with Crippen LogP contribution in [0.1, 0.15) is 33.0 Å². The summed E-state index contributed by atoms with van der Waals surface area (Å²) in [7, 11) is 0. The Bertz CT molecular complexity index is 922. The van der Waals surface area contributed by atoms with E-state index in [9.17, 15) is 4.79 Å². The number of Topliss-reactive ketones (excluding diaryl/α,β-unsaturated/α-hetero) is 1. The highest BCUT2D eigenvalue weighted by atomic mass is 16.1. The minimum Gasteiger partial charge on any atom is -0.294 e. The lowest BCUT2D eigenvalue weighted by Crippen LogP contribution is -2.23. The van der Waals surface area contributed by atoms with Crippen molar-refractivity contribution in [3.63, 3.8) is 0 Å². The Morgan fingerprint density at radius 3 is 2.23 bits per heavy atom. The molecule has 0 radical (unpaired) electrons. The van der Waals surface area contributed by atoms with Crippen LogP contribution in [-0.4, -0.2) is 5.78 Å². The Labute approximate surface area is 129 Å². The zero-order chi connectivity index (χ0) is 14.7. The van der Waals surface area contributed by atoms with Gasteiger partial charge < -0.3 is 0 Å². The lowest BCUT2D eigenvalue weighted by Gasteiger charge is -2.27. The van der Waals surface area contributed by atoms with Gasteiger partial charge in [0.2, 0.25) is 0 Å². The molecule has 0 bridgehead atoms. The Morgan fingerprint density at radius 2 is 1.41 bits per heavy atom. The van der Waals surface area contributed by atoms with E-state index in [1.807, 2.05) is 12.1 Å². The third-order valence-electron chi connectivity index (χ3n) is 5.43. The van der Waals surface area contributed by atoms with Gasteiger partial charge in [0.25, 0.3) is 0 Å². The Balaban J connectivity index is 1.73. The first-order chi connectivity index (χ1) is 10.8. The summed E-state index contributed by atoms with van der Waals surface area (Å²) in [5.41, 5.74) is 5.02. The summed E-state index contributed by atoms with van der Waals surface area (Å²) >= 11 is 0. The van der Waals surface area contributed by atoms with Crippen LogP contribution in [0.5, 0.6) is 0 Å². The molecular weight excluding hydrogens is 268 g/mol. The molecule has 3 aromatic rings. The van der Waals surface area contributed by atoms with Crippen LogP contribution in [0.2, 0.25) is 0 Å². The monoisotopic (exact) mass is 284 g/mol. The molecule has 22 heavy (non-hydrogen) atoms. The minimum absolute atomic E-state index is 0.135. The zero-order valence-corrected chi connectivity index (χ0v) is 12.3. The first-order valence-electron chi connectivity index (χ1n) is 7.95. The van der Waals surface area contributed by atoms with Gasteiger partial charge in [-0.05, 0) is 46.2 Å². The average Bonchev–Trinajstić information content (AvgIpc) is 2.85. The molecule has 0 aromatic heterocycles. The summed E-state index contributed by atoms with van der Waals surface area (Å²) in [6.07, 6.45) is 1.89. The standard InChI is InChI=1S/C21H16O/c22-21-19-12-15-7-2-1-6-14(15)11-18(19)17-10-9-13-5-3-4-8-16(13)20(17)21/h1-10,18-19H,11-12H2/t18-,19-/m0/s1. The Morgan fingerprint density at radius 1 is 0.727 bits per heavy atom. The topological polar surface area (TPSA) is 17.1 Å². The van der Waals surface area contributed by atoms with E-state index in [-0.39, 0.29) is 5.92 Å². The maximum Gasteiger partial charge on any atom is 0.167 e. The second kappa shape index (κ2) is 4.30. The molecule has 5 rings (SSSR count). The summed E-state index contributed by atoms with van der Waals surface area (Å²) in [6, 6.07) is 21.2. The quantitative estimate of drug-likeness (QED) is 0.592. The molecule has 2 aliphatic carbocycles. The molecule has 0 N–H and O–H groups in total. The van der Waals surface area contributed by atoms with Gasteiger partial charge in [0.05, 0.1) is 0 Å². The van der Waals surface area contributed by atoms with Gasteiger partial charge in [-0.1, -0.05) is 60.7 Å². The van der Waals surface area contributed by atoms with Crippen LogP contribution in [0.15, 0.2) is 60.7 Å². The maximum atomic E-state index is 13.1. The maximum absolute atomic E-state index is 13.1. The van der Waals surface area contributed by atoms with Crippen LogP contribution in [0.4, 0.5) is 0 Å². The molecule has 0 spiro atoms. The number of rotatable bonds is 0. The predicted octanol–water partition coefficient (Wildman–Crippen LogP) is 4.53. The molecule has 0 saturated heterocycles. The second-order valence-corrected chi connectivity index (χ2v) is 6.51. The van der Waals surface area contributed by atoms with Crippen molar-refractivity contribution in [3.8, 4) is 0 Å². The molecule has 1 heteroatoms. The van der Waals surface area contributed by atoms with Crippen LogP contribution in [0.25, 0.3) is 10.8 Å². The van der Waals surface area contributed by atoms with Gasteiger partial charge in [-0.15, -0.1) is 0 Å². The van der Waals surface area contributed by atoms with Gasteiger partial charge in [-0.25, -0.2) is 0 Å². The van der Waals surface area contributed by atoms with Crippen molar-refractivity contribution in [1.29, 1.82) is 0 Å². The van der Waals surface area contributed by atoms with E-state index in [1.165, 1.54) is 22.1 Å². The van der Waals surface area contributed by atoms with E-state index >= 15 is 0 Å². The molecule has 0 saturated carbocycles. The van der Waals surface area contributed by atoms with E-state index < -0.39 is 0 Å². The van der Waals surface area contributed by atoms with Crippen molar-refractivity contribution in [2.45, 2.75) is 18.8 Å². The van der Waals surface area contributed by atoms with E-state index in [0.717, 1.165) is 23.8 Å². The summed E-state index contributed by atoms with van der Waals surface area (Å²) < 4.78 is 0. The van der Waals surface area contributed by atoms with E-state index in [2.05, 4.69) is 48.5 Å². The van der Waals surface area contributed by atoms with Gasteiger partial charge in [-0.2, -0.15) is 0 Å². The number of benzene rings is 3. The highest BCUT2D eigenvalue weighted by Crippen LogP contribution is 2.47. The van der Waals surface area contributed by atoms with Crippen molar-refractivity contribution < 1.29 is 4.79 Å². The van der Waals surface area contributed by atoms with Crippen molar-refractivity contribution >= 4 is 16.6 Å². The van der Waals surface area contributed by atoms with Crippen molar-refractivity contribution in [2.75, 3.05) is 0 Å². The highest BCUT2D eigenvalue weighted by molar-refractivity contribution is 6.13. The molecule has 0 unspecified atom stereocenters. The summed E-state index contributed by atoms with van der Waals surface area (Å²) in [5, 5.41) is 2.30. The predicted molar refractivity (Wildman–Crippen MR) is 88.4 cm³/mol. The molecule has 0 amide bonds. The van der Waals surface area contributed by atoms with Gasteiger partial charge >= 0.3 is 0 Å². The third-order valence-corrected chi connectivity index (χ3v) is 5.43. The number of hydrogen-bond acceptors (Lipinski definition) is 1. The number of fused-ring (bicyclic) bond motifs is 6. The lowest BCUT2D eigenvalue weighted by atomic mass is 9.76. The van der Waals surface area contributed by atoms with E-state index in [0.29, 0.717) is 11.7 Å². The fourth-order valence-electron chi connectivity index (χ4n) is 4.37. The number of carbonyl (C=O) groups is 1. The Kier molecular flexibility index (Phi) is 2.38. The van der Waals surface area contributed by atoms with Crippen molar-refractivity contribution in [1.82, 2.24) is 0 Å². The normalized spacial score (nSPS) is 22.3. The Hall–Kier alpha value is -2.41. The fourth-order valence-corrected chi connectivity index (χ4v) is 4.37. The average molecular weight is 284 g/mol. The molecule has 2 atom stereocenters. The summed E-state index contributed by atoms with van der Waals surface area (Å²) in [4.78, 5) is 13.1. The smallest absolute Gasteiger partial charge is 0.167 e. The molecule has 1 nitrogen and oxygen atoms in total. The van der Waals surface area contributed by atoms with Crippen LogP contribution in [-0.2, 0) is 12.8 Å². The summed E-state index contributed by atoms with van der Waals surface area (Å²) in [6.45, 7) is 0. The van der Waals surface area contributed by atoms with E-state index in [4.69, 9.17) is 0 Å². The SMILES string of the molecule is O=C1c2c(ccc3ccccc23)[C@@H]2Cc3ccccc3C[C@H]12. The van der Waals surface area contributed by atoms with Crippen LogP contribution in [0, 0.1) is 5.92 Å². The van der Waals surface area contributed by atoms with Crippen molar-refractivity contribution in [3.05, 3.63) is 82.9 Å². The number of hydrogen-bond donors (Lipinski definition) is 0. The first kappa shape index (κ1) is 12.2. The summed E-state index contributed by atoms with van der Waals surface area (Å²) in [5.74, 6) is 0.851. The molecule has 0 fully saturated rings. The number of ketones is 1. The zero-order valence-electron chi connectivity index (χ0n) is 12.3. The van der Waals surface area contributed by atoms with Gasteiger partial charge in [0.1, 0.15) is 0 Å². The lowest BCUT2D eigenvalue weighted by molar-refractivity contribution is 0.0919. The molecule has 2 aliphatic rings. The van der Waals surface area contributed by atoms with Gasteiger partial charge in [0.15, 0.2) is 5.78 Å². The fraction of sp³-hybridized carbons (Fsp3) is 0.190.